The number of esters is 1. The molecule has 1 aromatic rings. The molecule has 3 aliphatic rings. The highest BCUT2D eigenvalue weighted by molar-refractivity contribution is 9.10. The van der Waals surface area contributed by atoms with Crippen molar-refractivity contribution in [3.63, 3.8) is 0 Å². The first-order chi connectivity index (χ1) is 19.9. The highest BCUT2D eigenvalue weighted by Gasteiger charge is 2.62. The van der Waals surface area contributed by atoms with E-state index in [1.54, 1.807) is 0 Å². The van der Waals surface area contributed by atoms with Gasteiger partial charge in [-0.25, -0.2) is 4.79 Å². The molecule has 0 spiro atoms. The van der Waals surface area contributed by atoms with Crippen LogP contribution in [0.25, 0.3) is 0 Å². The summed E-state index contributed by atoms with van der Waals surface area (Å²) in [6, 6.07) is 5.79. The molecule has 0 bridgehead atoms. The summed E-state index contributed by atoms with van der Waals surface area (Å²) in [6.45, 7) is 5.37. The molecule has 0 aromatic heterocycles. The van der Waals surface area contributed by atoms with Crippen molar-refractivity contribution in [1.29, 1.82) is 5.41 Å². The molecular weight excluding hydrogens is 624 g/mol. The molecule has 3 fully saturated rings. The average Bonchev–Trinajstić information content (AvgIpc) is 3.85. The van der Waals surface area contributed by atoms with Gasteiger partial charge in [-0.15, -0.1) is 0 Å². The van der Waals surface area contributed by atoms with Crippen LogP contribution in [0, 0.1) is 23.2 Å². The van der Waals surface area contributed by atoms with Crippen molar-refractivity contribution in [3.05, 3.63) is 40.9 Å². The van der Waals surface area contributed by atoms with Crippen molar-refractivity contribution in [1.82, 2.24) is 15.5 Å². The predicted molar refractivity (Wildman–Crippen MR) is 165 cm³/mol. The van der Waals surface area contributed by atoms with Gasteiger partial charge >= 0.3 is 5.97 Å². The second-order valence-electron chi connectivity index (χ2n) is 11.2. The molecule has 8 unspecified atom stereocenters. The Balaban J connectivity index is 1.59. The second-order valence-corrected chi connectivity index (χ2v) is 13.5. The molecule has 1 saturated heterocycles. The Kier molecular flexibility index (Phi) is 10.1. The van der Waals surface area contributed by atoms with Crippen LogP contribution >= 0.6 is 26.7 Å². The van der Waals surface area contributed by atoms with E-state index in [1.807, 2.05) is 50.3 Å². The predicted octanol–water partition coefficient (Wildman–Crippen LogP) is 3.60. The summed E-state index contributed by atoms with van der Waals surface area (Å²) in [6.07, 6.45) is 5.41. The summed E-state index contributed by atoms with van der Waals surface area (Å²) in [5.74, 6) is 2.13. The van der Waals surface area contributed by atoms with Crippen molar-refractivity contribution >= 4 is 62.0 Å². The summed E-state index contributed by atoms with van der Waals surface area (Å²) in [5, 5.41) is 13.4. The number of nitrogens with zero attached hydrogens (tertiary/aromatic N) is 1. The van der Waals surface area contributed by atoms with Crippen LogP contribution in [0.4, 0.5) is 0 Å². The number of benzene rings is 1. The Hall–Kier alpha value is -2.83. The number of allylic oxidation sites excluding steroid dienone is 1. The molecule has 10 nitrogen and oxygen atoms in total. The van der Waals surface area contributed by atoms with Crippen LogP contribution in [0.3, 0.4) is 0 Å². The zero-order chi connectivity index (χ0) is 30.8. The molecule has 228 valence electrons. The number of carbonyl (C=O) groups is 4. The second kappa shape index (κ2) is 13.2. The zero-order valence-corrected chi connectivity index (χ0v) is 26.8. The van der Waals surface area contributed by atoms with Crippen molar-refractivity contribution < 1.29 is 28.1 Å². The van der Waals surface area contributed by atoms with Gasteiger partial charge in [-0.2, -0.15) is 0 Å². The fourth-order valence-corrected chi connectivity index (χ4v) is 7.04. The highest BCUT2D eigenvalue weighted by atomic mass is 79.9. The molecule has 1 aromatic carbocycles. The number of amides is 3. The first-order valence-electron chi connectivity index (χ1n) is 14.1. The maximum absolute atomic E-state index is 14.1. The number of methoxy groups -OCH3 is 1. The lowest BCUT2D eigenvalue weighted by molar-refractivity contribution is -0.148. The number of rotatable bonds is 12. The Labute approximate surface area is 257 Å². The first kappa shape index (κ1) is 32.1. The molecule has 2 aliphatic carbocycles. The number of halogens is 1. The van der Waals surface area contributed by atoms with Gasteiger partial charge in [-0.1, -0.05) is 41.4 Å². The van der Waals surface area contributed by atoms with Crippen molar-refractivity contribution in [3.8, 4) is 0 Å². The van der Waals surface area contributed by atoms with Gasteiger partial charge in [0.15, 0.2) is 0 Å². The molecule has 2 saturated carbocycles. The topological polar surface area (TPSA) is 138 Å². The minimum atomic E-state index is -1.19. The molecule has 1 heterocycles. The minimum absolute atomic E-state index is 0.0800. The molecule has 8 atom stereocenters. The van der Waals surface area contributed by atoms with Crippen LogP contribution in [-0.2, 0) is 28.1 Å². The fraction of sp³-hybridized carbons (Fsp3) is 0.533. The van der Waals surface area contributed by atoms with Crippen molar-refractivity contribution in [2.75, 3.05) is 13.7 Å². The van der Waals surface area contributed by atoms with E-state index < -0.39 is 58.2 Å². The van der Waals surface area contributed by atoms with Crippen LogP contribution in [0.1, 0.15) is 46.5 Å². The maximum atomic E-state index is 14.1. The Morgan fingerprint density at radius 3 is 2.52 bits per heavy atom. The summed E-state index contributed by atoms with van der Waals surface area (Å²) in [5.41, 5.74) is -1.38. The third kappa shape index (κ3) is 6.86. The third-order valence-electron chi connectivity index (χ3n) is 8.34. The lowest BCUT2D eigenvalue weighted by atomic mass is 10.1. The number of hydrogen-bond donors (Lipinski definition) is 3. The van der Waals surface area contributed by atoms with Gasteiger partial charge in [-0.05, 0) is 79.4 Å². The third-order valence-corrected chi connectivity index (χ3v) is 10.2. The molecule has 3 amide bonds. The van der Waals surface area contributed by atoms with Gasteiger partial charge in [-0.3, -0.25) is 19.8 Å². The number of hydrogen-bond acceptors (Lipinski definition) is 7. The van der Waals surface area contributed by atoms with E-state index in [-0.39, 0.29) is 36.4 Å². The van der Waals surface area contributed by atoms with Crippen LogP contribution in [0.2, 0.25) is 0 Å². The van der Waals surface area contributed by atoms with Crippen molar-refractivity contribution in [2.45, 2.75) is 75.1 Å². The molecule has 4 rings (SSSR count). The standard InChI is InChI=1S/C30H39BrN4O6S/c1-6-8-19-15-30(19,29(39)40-4)34-27(37)24-14-21(41-42(5)22-11-9-20(31)10-12-22)16-35(24)28(38)25(23-13-18(23)7-2)33-26(36)17(3)32/h6,8-12,18-19,21,23-25,32H,5,7,13-16H2,1-4H3,(H,33,36)(H,34,37). The van der Waals surface area contributed by atoms with Gasteiger partial charge in [0.25, 0.3) is 5.91 Å². The van der Waals surface area contributed by atoms with E-state index in [4.69, 9.17) is 14.3 Å². The number of nitrogens with one attached hydrogen (secondary N) is 3. The van der Waals surface area contributed by atoms with Crippen molar-refractivity contribution in [2.24, 2.45) is 17.8 Å². The van der Waals surface area contributed by atoms with Crippen LogP contribution in [0.5, 0.6) is 0 Å². The average molecular weight is 664 g/mol. The highest BCUT2D eigenvalue weighted by Crippen LogP contribution is 2.47. The Morgan fingerprint density at radius 2 is 1.95 bits per heavy atom. The van der Waals surface area contributed by atoms with Gasteiger partial charge in [0.2, 0.25) is 11.8 Å². The molecule has 1 aliphatic heterocycles. The molecule has 3 N–H and O–H groups in total. The fourth-order valence-electron chi connectivity index (χ4n) is 5.76. The normalized spacial score (nSPS) is 29.5. The molecule has 0 radical (unpaired) electrons. The smallest absolute Gasteiger partial charge is 0.332 e. The quantitative estimate of drug-likeness (QED) is 0.135. The Bertz CT molecular complexity index is 1300. The van der Waals surface area contributed by atoms with E-state index in [0.29, 0.717) is 6.42 Å². The van der Waals surface area contributed by atoms with Crippen LogP contribution in [-0.4, -0.2) is 77.6 Å². The summed E-state index contributed by atoms with van der Waals surface area (Å²) < 4.78 is 12.2. The van der Waals surface area contributed by atoms with E-state index in [9.17, 15) is 19.2 Å². The van der Waals surface area contributed by atoms with Crippen LogP contribution < -0.4 is 10.6 Å². The molecular formula is C30H39BrN4O6S. The van der Waals surface area contributed by atoms with Crippen LogP contribution in [0.15, 0.2) is 45.8 Å². The minimum Gasteiger partial charge on any atom is -0.467 e. The van der Waals surface area contributed by atoms with E-state index in [1.165, 1.54) is 18.9 Å². The van der Waals surface area contributed by atoms with E-state index in [2.05, 4.69) is 32.4 Å². The summed E-state index contributed by atoms with van der Waals surface area (Å²) in [4.78, 5) is 55.6. The van der Waals surface area contributed by atoms with Gasteiger partial charge in [0, 0.05) is 28.3 Å². The largest absolute Gasteiger partial charge is 0.467 e. The van der Waals surface area contributed by atoms with E-state index >= 15 is 0 Å². The SMILES string of the molecule is C=S(OC1CC(C(=O)NC2(C(=O)OC)CC2C=CC)N(C(=O)C(NC(=O)C(C)=N)C2CC2CC)C1)c1ccc(Br)cc1. The lowest BCUT2D eigenvalue weighted by Gasteiger charge is -2.30. The Morgan fingerprint density at radius 1 is 1.26 bits per heavy atom. The van der Waals surface area contributed by atoms with Gasteiger partial charge in [0.05, 0.1) is 18.9 Å². The van der Waals surface area contributed by atoms with Gasteiger partial charge < -0.3 is 24.5 Å². The zero-order valence-electron chi connectivity index (χ0n) is 24.4. The summed E-state index contributed by atoms with van der Waals surface area (Å²) >= 11 is 3.43. The van der Waals surface area contributed by atoms with E-state index in [0.717, 1.165) is 22.2 Å². The number of carbonyl (C=O) groups excluding carboxylic acids is 4. The molecule has 42 heavy (non-hydrogen) atoms. The maximum Gasteiger partial charge on any atom is 0.332 e. The summed E-state index contributed by atoms with van der Waals surface area (Å²) in [7, 11) is 0.421. The number of ether oxygens (including phenoxy) is 1. The first-order valence-corrected chi connectivity index (χ1v) is 16.2. The number of likely N-dealkylation sites (tertiary alicyclic amines) is 1. The monoisotopic (exact) mass is 662 g/mol. The van der Waals surface area contributed by atoms with Gasteiger partial charge in [0.1, 0.15) is 17.6 Å². The molecule has 12 heteroatoms. The lowest BCUT2D eigenvalue weighted by Crippen LogP contribution is -2.57.